The Morgan fingerprint density at radius 3 is 2.57 bits per heavy atom. The fourth-order valence-electron chi connectivity index (χ4n) is 2.79. The van der Waals surface area contributed by atoms with E-state index in [0.29, 0.717) is 5.16 Å². The maximum absolute atomic E-state index is 11.1. The van der Waals surface area contributed by atoms with Crippen molar-refractivity contribution >= 4 is 17.7 Å². The van der Waals surface area contributed by atoms with Crippen molar-refractivity contribution in [2.24, 2.45) is 5.73 Å². The van der Waals surface area contributed by atoms with Gasteiger partial charge < -0.3 is 5.73 Å². The summed E-state index contributed by atoms with van der Waals surface area (Å²) in [5, 5.41) is 9.34. The molecular formula is C16H21N5OS. The summed E-state index contributed by atoms with van der Waals surface area (Å²) < 4.78 is 2.03. The number of likely N-dealkylation sites (tertiary alicyclic amines) is 1. The Morgan fingerprint density at radius 2 is 1.87 bits per heavy atom. The molecule has 1 aromatic carbocycles. The number of nitrogens with zero attached hydrogens (tertiary/aromatic N) is 4. The fourth-order valence-corrected chi connectivity index (χ4v) is 3.50. The molecule has 1 amide bonds. The highest BCUT2D eigenvalue weighted by Gasteiger charge is 2.18. The number of carbonyl (C=O) groups excluding carboxylic acids is 1. The van der Waals surface area contributed by atoms with Crippen molar-refractivity contribution in [2.45, 2.75) is 31.0 Å². The highest BCUT2D eigenvalue weighted by molar-refractivity contribution is 7.99. The molecule has 2 N–H and O–H groups in total. The van der Waals surface area contributed by atoms with Gasteiger partial charge in [0, 0.05) is 5.69 Å². The second kappa shape index (κ2) is 7.61. The summed E-state index contributed by atoms with van der Waals surface area (Å²) >= 11 is 1.33. The topological polar surface area (TPSA) is 77.0 Å². The molecule has 0 radical (unpaired) electrons. The molecule has 0 spiro atoms. The Kier molecular flexibility index (Phi) is 5.30. The number of aromatic nitrogens is 3. The van der Waals surface area contributed by atoms with E-state index >= 15 is 0 Å². The molecule has 0 unspecified atom stereocenters. The molecule has 122 valence electrons. The first-order valence-corrected chi connectivity index (χ1v) is 8.86. The number of hydrogen-bond donors (Lipinski definition) is 1. The van der Waals surface area contributed by atoms with Gasteiger partial charge in [-0.15, -0.1) is 10.2 Å². The number of hydrogen-bond acceptors (Lipinski definition) is 5. The van der Waals surface area contributed by atoms with E-state index < -0.39 is 0 Å². The molecule has 1 aliphatic heterocycles. The van der Waals surface area contributed by atoms with Gasteiger partial charge in [-0.05, 0) is 38.1 Å². The van der Waals surface area contributed by atoms with Crippen molar-refractivity contribution in [2.75, 3.05) is 18.8 Å². The molecule has 1 aliphatic rings. The first kappa shape index (κ1) is 16.0. The van der Waals surface area contributed by atoms with Crippen LogP contribution in [0.4, 0.5) is 0 Å². The Balaban J connectivity index is 1.87. The number of benzene rings is 1. The van der Waals surface area contributed by atoms with E-state index in [1.165, 1.54) is 31.0 Å². The summed E-state index contributed by atoms with van der Waals surface area (Å²) in [4.78, 5) is 13.5. The number of piperidine rings is 1. The molecule has 0 aliphatic carbocycles. The third-order valence-corrected chi connectivity index (χ3v) is 4.82. The third kappa shape index (κ3) is 4.11. The minimum Gasteiger partial charge on any atom is -0.369 e. The average molecular weight is 331 g/mol. The predicted molar refractivity (Wildman–Crippen MR) is 90.4 cm³/mol. The van der Waals surface area contributed by atoms with Gasteiger partial charge in [0.15, 0.2) is 11.0 Å². The van der Waals surface area contributed by atoms with Crippen LogP contribution in [0.1, 0.15) is 25.1 Å². The zero-order valence-electron chi connectivity index (χ0n) is 13.0. The Bertz CT molecular complexity index is 652. The van der Waals surface area contributed by atoms with Gasteiger partial charge in [0.05, 0.1) is 12.3 Å². The summed E-state index contributed by atoms with van der Waals surface area (Å²) in [6.45, 7) is 2.98. The Hall–Kier alpha value is -1.86. The van der Waals surface area contributed by atoms with Crippen LogP contribution < -0.4 is 5.73 Å². The second-order valence-corrected chi connectivity index (χ2v) is 6.60. The minimum atomic E-state index is -0.352. The van der Waals surface area contributed by atoms with Gasteiger partial charge in [0.25, 0.3) is 0 Å². The zero-order valence-corrected chi connectivity index (χ0v) is 13.8. The van der Waals surface area contributed by atoms with Crippen LogP contribution in [0.2, 0.25) is 0 Å². The summed E-state index contributed by atoms with van der Waals surface area (Å²) in [5.74, 6) is 0.759. The SMILES string of the molecule is NC(=O)CSc1nnc(CN2CCCCC2)n1-c1ccccc1. The van der Waals surface area contributed by atoms with Crippen LogP contribution in [0.3, 0.4) is 0 Å². The smallest absolute Gasteiger partial charge is 0.227 e. The molecule has 1 aromatic heterocycles. The van der Waals surface area contributed by atoms with E-state index in [4.69, 9.17) is 5.73 Å². The highest BCUT2D eigenvalue weighted by Crippen LogP contribution is 2.23. The molecule has 1 saturated heterocycles. The lowest BCUT2D eigenvalue weighted by Crippen LogP contribution is -2.30. The predicted octanol–water partition coefficient (Wildman–Crippen LogP) is 1.83. The maximum atomic E-state index is 11.1. The average Bonchev–Trinajstić information content (AvgIpc) is 2.97. The first-order valence-electron chi connectivity index (χ1n) is 7.87. The van der Waals surface area contributed by atoms with E-state index in [9.17, 15) is 4.79 Å². The molecule has 2 heterocycles. The van der Waals surface area contributed by atoms with Gasteiger partial charge in [-0.2, -0.15) is 0 Å². The zero-order chi connectivity index (χ0) is 16.1. The van der Waals surface area contributed by atoms with E-state index in [1.54, 1.807) is 0 Å². The summed E-state index contributed by atoms with van der Waals surface area (Å²) in [6.07, 6.45) is 3.78. The van der Waals surface area contributed by atoms with Crippen molar-refractivity contribution < 1.29 is 4.79 Å². The van der Waals surface area contributed by atoms with Crippen LogP contribution in [0.25, 0.3) is 5.69 Å². The van der Waals surface area contributed by atoms with Crippen LogP contribution in [-0.2, 0) is 11.3 Å². The molecular weight excluding hydrogens is 310 g/mol. The van der Waals surface area contributed by atoms with Crippen LogP contribution in [0, 0.1) is 0 Å². The summed E-state index contributed by atoms with van der Waals surface area (Å²) in [7, 11) is 0. The first-order chi connectivity index (χ1) is 11.2. The van der Waals surface area contributed by atoms with Gasteiger partial charge in [0.1, 0.15) is 0 Å². The number of para-hydroxylation sites is 1. The highest BCUT2D eigenvalue weighted by atomic mass is 32.2. The molecule has 6 nitrogen and oxygen atoms in total. The number of carbonyl (C=O) groups is 1. The monoisotopic (exact) mass is 331 g/mol. The molecule has 7 heteroatoms. The van der Waals surface area contributed by atoms with E-state index in [1.807, 2.05) is 34.9 Å². The number of rotatable bonds is 6. The molecule has 0 saturated carbocycles. The van der Waals surface area contributed by atoms with Crippen LogP contribution in [0.5, 0.6) is 0 Å². The van der Waals surface area contributed by atoms with E-state index in [0.717, 1.165) is 31.1 Å². The molecule has 0 atom stereocenters. The Morgan fingerprint density at radius 1 is 1.13 bits per heavy atom. The minimum absolute atomic E-state index is 0.203. The van der Waals surface area contributed by atoms with Gasteiger partial charge >= 0.3 is 0 Å². The number of nitrogens with two attached hydrogens (primary N) is 1. The Labute approximate surface area is 140 Å². The van der Waals surface area contributed by atoms with Gasteiger partial charge in [0.2, 0.25) is 5.91 Å². The molecule has 2 aromatic rings. The molecule has 1 fully saturated rings. The number of thioether (sulfide) groups is 1. The van der Waals surface area contributed by atoms with Crippen LogP contribution in [-0.4, -0.2) is 44.4 Å². The van der Waals surface area contributed by atoms with Crippen molar-refractivity contribution in [1.29, 1.82) is 0 Å². The lowest BCUT2D eigenvalue weighted by Gasteiger charge is -2.26. The van der Waals surface area contributed by atoms with Crippen LogP contribution in [0.15, 0.2) is 35.5 Å². The largest absolute Gasteiger partial charge is 0.369 e. The lowest BCUT2D eigenvalue weighted by atomic mass is 10.1. The van der Waals surface area contributed by atoms with Crippen molar-refractivity contribution in [3.8, 4) is 5.69 Å². The summed E-state index contributed by atoms with van der Waals surface area (Å²) in [6, 6.07) is 10.0. The molecule has 23 heavy (non-hydrogen) atoms. The van der Waals surface area contributed by atoms with E-state index in [-0.39, 0.29) is 11.7 Å². The van der Waals surface area contributed by atoms with E-state index in [2.05, 4.69) is 15.1 Å². The van der Waals surface area contributed by atoms with Gasteiger partial charge in [-0.3, -0.25) is 14.3 Å². The van der Waals surface area contributed by atoms with Gasteiger partial charge in [-0.25, -0.2) is 0 Å². The normalized spacial score (nSPS) is 15.7. The third-order valence-electron chi connectivity index (χ3n) is 3.87. The van der Waals surface area contributed by atoms with Crippen molar-refractivity contribution in [3.63, 3.8) is 0 Å². The van der Waals surface area contributed by atoms with Gasteiger partial charge in [-0.1, -0.05) is 36.4 Å². The number of primary amides is 1. The van der Waals surface area contributed by atoms with Crippen LogP contribution >= 0.6 is 11.8 Å². The fraction of sp³-hybridized carbons (Fsp3) is 0.438. The molecule has 3 rings (SSSR count). The lowest BCUT2D eigenvalue weighted by molar-refractivity contribution is -0.115. The second-order valence-electron chi connectivity index (χ2n) is 5.66. The van der Waals surface area contributed by atoms with Crippen molar-refractivity contribution in [1.82, 2.24) is 19.7 Å². The quantitative estimate of drug-likeness (QED) is 0.817. The maximum Gasteiger partial charge on any atom is 0.227 e. The number of amides is 1. The van der Waals surface area contributed by atoms with Crippen molar-refractivity contribution in [3.05, 3.63) is 36.2 Å². The standard InChI is InChI=1S/C16H21N5OS/c17-14(22)12-23-16-19-18-15(11-20-9-5-2-6-10-20)21(16)13-7-3-1-4-8-13/h1,3-4,7-8H,2,5-6,9-12H2,(H2,17,22). The summed E-state index contributed by atoms with van der Waals surface area (Å²) in [5.41, 5.74) is 6.27. The molecule has 0 bridgehead atoms.